The quantitative estimate of drug-likeness (QED) is 0.606. The first-order chi connectivity index (χ1) is 14.2. The molecule has 6 nitrogen and oxygen atoms in total. The fourth-order valence-corrected chi connectivity index (χ4v) is 4.89. The molecule has 1 spiro atoms. The lowest BCUT2D eigenvalue weighted by Gasteiger charge is -2.34. The topological polar surface area (TPSA) is 43.3 Å². The SMILES string of the molecule is CCN1CCN(Cc2ccc(CNC(=NC)N3CCC4(CCOC4)C3)cc2)CC1. The van der Waals surface area contributed by atoms with E-state index < -0.39 is 0 Å². The maximum absolute atomic E-state index is 5.66. The van der Waals surface area contributed by atoms with Crippen molar-refractivity contribution in [1.29, 1.82) is 0 Å². The summed E-state index contributed by atoms with van der Waals surface area (Å²) in [6.07, 6.45) is 2.41. The van der Waals surface area contributed by atoms with Gasteiger partial charge in [-0.2, -0.15) is 0 Å². The average Bonchev–Trinajstić information content (AvgIpc) is 3.40. The Balaban J connectivity index is 1.24. The van der Waals surface area contributed by atoms with Crippen LogP contribution in [0, 0.1) is 5.41 Å². The summed E-state index contributed by atoms with van der Waals surface area (Å²) < 4.78 is 5.66. The number of ether oxygens (including phenoxy) is 1. The van der Waals surface area contributed by atoms with Crippen molar-refractivity contribution in [3.63, 3.8) is 0 Å². The van der Waals surface area contributed by atoms with Crippen molar-refractivity contribution in [2.45, 2.75) is 32.9 Å². The molecule has 0 amide bonds. The summed E-state index contributed by atoms with van der Waals surface area (Å²) in [6, 6.07) is 9.09. The Bertz CT molecular complexity index is 675. The fraction of sp³-hybridized carbons (Fsp3) is 0.696. The van der Waals surface area contributed by atoms with Crippen molar-refractivity contribution >= 4 is 5.96 Å². The van der Waals surface area contributed by atoms with Crippen LogP contribution in [0.2, 0.25) is 0 Å². The third kappa shape index (κ3) is 5.11. The average molecular weight is 400 g/mol. The molecule has 3 fully saturated rings. The third-order valence-corrected chi connectivity index (χ3v) is 6.93. The number of nitrogens with one attached hydrogen (secondary N) is 1. The minimum Gasteiger partial charge on any atom is -0.381 e. The first-order valence-electron chi connectivity index (χ1n) is 11.3. The minimum absolute atomic E-state index is 0.363. The number of likely N-dealkylation sites (tertiary alicyclic amines) is 1. The van der Waals surface area contributed by atoms with Crippen LogP contribution in [-0.4, -0.2) is 86.7 Å². The predicted molar refractivity (Wildman–Crippen MR) is 118 cm³/mol. The van der Waals surface area contributed by atoms with Crippen LogP contribution in [0.3, 0.4) is 0 Å². The van der Waals surface area contributed by atoms with Gasteiger partial charge in [-0.25, -0.2) is 0 Å². The predicted octanol–water partition coefficient (Wildman–Crippen LogP) is 2.01. The van der Waals surface area contributed by atoms with E-state index in [0.29, 0.717) is 5.41 Å². The lowest BCUT2D eigenvalue weighted by Crippen LogP contribution is -2.45. The molecular formula is C23H37N5O. The summed E-state index contributed by atoms with van der Waals surface area (Å²) in [6.45, 7) is 14.0. The number of hydrogen-bond acceptors (Lipinski definition) is 4. The van der Waals surface area contributed by atoms with Gasteiger partial charge in [-0.3, -0.25) is 9.89 Å². The fourth-order valence-electron chi connectivity index (χ4n) is 4.89. The van der Waals surface area contributed by atoms with Crippen molar-refractivity contribution in [3.05, 3.63) is 35.4 Å². The zero-order valence-electron chi connectivity index (χ0n) is 18.2. The van der Waals surface area contributed by atoms with E-state index in [1.165, 1.54) is 56.7 Å². The Morgan fingerprint density at radius 1 is 1.03 bits per heavy atom. The monoisotopic (exact) mass is 399 g/mol. The molecule has 1 unspecified atom stereocenters. The highest BCUT2D eigenvalue weighted by Gasteiger charge is 2.42. The van der Waals surface area contributed by atoms with E-state index in [2.05, 4.69) is 56.2 Å². The van der Waals surface area contributed by atoms with Gasteiger partial charge in [-0.05, 0) is 30.5 Å². The van der Waals surface area contributed by atoms with Crippen LogP contribution in [0.15, 0.2) is 29.3 Å². The van der Waals surface area contributed by atoms with Crippen LogP contribution in [-0.2, 0) is 17.8 Å². The summed E-state index contributed by atoms with van der Waals surface area (Å²) in [5.74, 6) is 1.02. The second kappa shape index (κ2) is 9.45. The molecule has 0 bridgehead atoms. The normalized spacial score (nSPS) is 26.6. The Labute approximate surface area is 175 Å². The molecule has 160 valence electrons. The molecule has 1 N–H and O–H groups in total. The van der Waals surface area contributed by atoms with Crippen LogP contribution >= 0.6 is 0 Å². The van der Waals surface area contributed by atoms with Gasteiger partial charge in [0, 0.05) is 71.4 Å². The Hall–Kier alpha value is -1.63. The van der Waals surface area contributed by atoms with Crippen LogP contribution < -0.4 is 5.32 Å². The van der Waals surface area contributed by atoms with Gasteiger partial charge in [-0.1, -0.05) is 31.2 Å². The summed E-state index contributed by atoms with van der Waals surface area (Å²) in [7, 11) is 1.89. The van der Waals surface area contributed by atoms with E-state index in [1.54, 1.807) is 0 Å². The van der Waals surface area contributed by atoms with Crippen LogP contribution in [0.4, 0.5) is 0 Å². The Morgan fingerprint density at radius 2 is 1.76 bits per heavy atom. The first kappa shape index (κ1) is 20.6. The standard InChI is InChI=1S/C23H37N5O/c1-3-26-11-13-27(14-12-26)17-21-6-4-20(5-7-21)16-25-22(24-2)28-10-8-23(18-28)9-15-29-19-23/h4-7H,3,8-19H2,1-2H3,(H,24,25). The summed E-state index contributed by atoms with van der Waals surface area (Å²) in [5, 5.41) is 3.57. The molecule has 3 saturated heterocycles. The van der Waals surface area contributed by atoms with Gasteiger partial charge in [0.1, 0.15) is 0 Å². The van der Waals surface area contributed by atoms with Gasteiger partial charge in [-0.15, -0.1) is 0 Å². The smallest absolute Gasteiger partial charge is 0.193 e. The summed E-state index contributed by atoms with van der Waals surface area (Å²) in [5.41, 5.74) is 3.08. The number of benzene rings is 1. The third-order valence-electron chi connectivity index (χ3n) is 6.93. The first-order valence-corrected chi connectivity index (χ1v) is 11.3. The largest absolute Gasteiger partial charge is 0.381 e. The molecule has 0 radical (unpaired) electrons. The number of nitrogens with zero attached hydrogens (tertiary/aromatic N) is 4. The van der Waals surface area contributed by atoms with Gasteiger partial charge in [0.05, 0.1) is 6.61 Å². The molecule has 6 heteroatoms. The van der Waals surface area contributed by atoms with E-state index in [1.807, 2.05) is 7.05 Å². The number of guanidine groups is 1. The molecule has 3 aliphatic rings. The van der Waals surface area contributed by atoms with Crippen molar-refractivity contribution in [2.24, 2.45) is 10.4 Å². The molecule has 0 saturated carbocycles. The second-order valence-electron chi connectivity index (χ2n) is 8.90. The molecule has 0 aromatic heterocycles. The van der Waals surface area contributed by atoms with Crippen LogP contribution in [0.25, 0.3) is 0 Å². The molecule has 3 heterocycles. The van der Waals surface area contributed by atoms with Crippen LogP contribution in [0.5, 0.6) is 0 Å². The Kier molecular flexibility index (Phi) is 6.73. The van der Waals surface area contributed by atoms with E-state index in [-0.39, 0.29) is 0 Å². The summed E-state index contributed by atoms with van der Waals surface area (Å²) in [4.78, 5) is 12.0. The zero-order chi connectivity index (χ0) is 20.1. The van der Waals surface area contributed by atoms with E-state index in [0.717, 1.165) is 45.4 Å². The maximum Gasteiger partial charge on any atom is 0.193 e. The number of piperazine rings is 1. The van der Waals surface area contributed by atoms with E-state index in [4.69, 9.17) is 4.74 Å². The number of rotatable bonds is 5. The lowest BCUT2D eigenvalue weighted by molar-refractivity contribution is 0.132. The molecule has 4 rings (SSSR count). The Morgan fingerprint density at radius 3 is 2.41 bits per heavy atom. The highest BCUT2D eigenvalue weighted by Crippen LogP contribution is 2.38. The van der Waals surface area contributed by atoms with Crippen molar-refractivity contribution < 1.29 is 4.74 Å². The van der Waals surface area contributed by atoms with Crippen LogP contribution in [0.1, 0.15) is 30.9 Å². The highest BCUT2D eigenvalue weighted by molar-refractivity contribution is 5.80. The molecule has 1 aromatic rings. The second-order valence-corrected chi connectivity index (χ2v) is 8.90. The van der Waals surface area contributed by atoms with Crippen molar-refractivity contribution in [3.8, 4) is 0 Å². The highest BCUT2D eigenvalue weighted by atomic mass is 16.5. The maximum atomic E-state index is 5.66. The molecule has 3 aliphatic heterocycles. The van der Waals surface area contributed by atoms with Gasteiger partial charge >= 0.3 is 0 Å². The molecule has 1 aromatic carbocycles. The van der Waals surface area contributed by atoms with E-state index in [9.17, 15) is 0 Å². The van der Waals surface area contributed by atoms with Gasteiger partial charge < -0.3 is 19.9 Å². The zero-order valence-corrected chi connectivity index (χ0v) is 18.2. The number of likely N-dealkylation sites (N-methyl/N-ethyl adjacent to an activating group) is 1. The number of hydrogen-bond donors (Lipinski definition) is 1. The molecule has 29 heavy (non-hydrogen) atoms. The van der Waals surface area contributed by atoms with Gasteiger partial charge in [0.15, 0.2) is 5.96 Å². The van der Waals surface area contributed by atoms with Crippen molar-refractivity contribution in [2.75, 3.05) is 66.1 Å². The minimum atomic E-state index is 0.363. The van der Waals surface area contributed by atoms with Gasteiger partial charge in [0.2, 0.25) is 0 Å². The lowest BCUT2D eigenvalue weighted by atomic mass is 9.87. The molecule has 0 aliphatic carbocycles. The molecular weight excluding hydrogens is 362 g/mol. The number of aliphatic imine (C=N–C) groups is 1. The van der Waals surface area contributed by atoms with Gasteiger partial charge in [0.25, 0.3) is 0 Å². The summed E-state index contributed by atoms with van der Waals surface area (Å²) >= 11 is 0. The molecule has 1 atom stereocenters. The van der Waals surface area contributed by atoms with E-state index >= 15 is 0 Å². The van der Waals surface area contributed by atoms with Crippen molar-refractivity contribution in [1.82, 2.24) is 20.0 Å².